The Morgan fingerprint density at radius 3 is 2.89 bits per heavy atom. The van der Waals surface area contributed by atoms with Crippen molar-refractivity contribution >= 4 is 21.7 Å². The fourth-order valence-electron chi connectivity index (χ4n) is 1.66. The Morgan fingerprint density at radius 2 is 2.17 bits per heavy atom. The molecule has 0 amide bonds. The molecule has 2 aromatic rings. The number of nitrogens with one attached hydrogen (secondary N) is 1. The molecular weight excluding hydrogens is 290 g/mol. The van der Waals surface area contributed by atoms with Crippen LogP contribution >= 0.6 is 15.9 Å². The molecule has 0 saturated heterocycles. The van der Waals surface area contributed by atoms with Gasteiger partial charge in [-0.25, -0.2) is 4.98 Å². The molecule has 0 bridgehead atoms. The fourth-order valence-corrected chi connectivity index (χ4v) is 2.11. The molecule has 0 unspecified atom stereocenters. The maximum atomic E-state index is 8.90. The van der Waals surface area contributed by atoms with Gasteiger partial charge in [0.2, 0.25) is 0 Å². The van der Waals surface area contributed by atoms with E-state index in [0.717, 1.165) is 21.5 Å². The molecule has 0 atom stereocenters. The van der Waals surface area contributed by atoms with Gasteiger partial charge in [-0.05, 0) is 36.8 Å². The van der Waals surface area contributed by atoms with Crippen LogP contribution in [0.5, 0.6) is 0 Å². The first-order valence-electron chi connectivity index (χ1n) is 5.54. The second kappa shape index (κ2) is 5.65. The summed E-state index contributed by atoms with van der Waals surface area (Å²) in [5.41, 5.74) is 2.62. The van der Waals surface area contributed by atoms with Gasteiger partial charge in [0, 0.05) is 16.7 Å². The Balaban J connectivity index is 2.11. The number of aromatic nitrogens is 1. The van der Waals surface area contributed by atoms with Crippen LogP contribution in [0.15, 0.2) is 40.9 Å². The quantitative estimate of drug-likeness (QED) is 0.941. The largest absolute Gasteiger partial charge is 0.366 e. The lowest BCUT2D eigenvalue weighted by molar-refractivity contribution is 1.08. The topological polar surface area (TPSA) is 48.7 Å². The van der Waals surface area contributed by atoms with Crippen molar-refractivity contribution in [1.82, 2.24) is 4.98 Å². The molecule has 1 heterocycles. The van der Waals surface area contributed by atoms with Crippen LogP contribution in [0.1, 0.15) is 16.8 Å². The van der Waals surface area contributed by atoms with Crippen molar-refractivity contribution in [3.05, 3.63) is 57.7 Å². The number of hydrogen-bond donors (Lipinski definition) is 1. The van der Waals surface area contributed by atoms with Gasteiger partial charge in [0.15, 0.2) is 0 Å². The summed E-state index contributed by atoms with van der Waals surface area (Å²) in [4.78, 5) is 4.35. The summed E-state index contributed by atoms with van der Waals surface area (Å²) in [7, 11) is 0. The SMILES string of the molecule is Cc1cc(C#N)cc(NCc2cccc(Br)c2)n1. The number of hydrogen-bond acceptors (Lipinski definition) is 3. The predicted octanol–water partition coefficient (Wildman–Crippen LogP) is 3.64. The average molecular weight is 302 g/mol. The van der Waals surface area contributed by atoms with E-state index in [0.29, 0.717) is 12.1 Å². The van der Waals surface area contributed by atoms with E-state index < -0.39 is 0 Å². The summed E-state index contributed by atoms with van der Waals surface area (Å²) in [6.45, 7) is 2.56. The molecule has 1 aromatic carbocycles. The molecule has 3 nitrogen and oxygen atoms in total. The molecule has 0 radical (unpaired) electrons. The Labute approximate surface area is 115 Å². The maximum absolute atomic E-state index is 8.90. The monoisotopic (exact) mass is 301 g/mol. The van der Waals surface area contributed by atoms with Crippen LogP contribution in [0, 0.1) is 18.3 Å². The van der Waals surface area contributed by atoms with Crippen LogP contribution in [-0.4, -0.2) is 4.98 Å². The smallest absolute Gasteiger partial charge is 0.127 e. The Bertz CT molecular complexity index is 602. The summed E-state index contributed by atoms with van der Waals surface area (Å²) in [6.07, 6.45) is 0. The molecule has 18 heavy (non-hydrogen) atoms. The fraction of sp³-hybridized carbons (Fsp3) is 0.143. The Morgan fingerprint density at radius 1 is 1.33 bits per heavy atom. The second-order valence-electron chi connectivity index (χ2n) is 3.98. The number of benzene rings is 1. The van der Waals surface area contributed by atoms with Crippen LogP contribution in [0.4, 0.5) is 5.82 Å². The normalized spacial score (nSPS) is 9.83. The predicted molar refractivity (Wildman–Crippen MR) is 75.2 cm³/mol. The lowest BCUT2D eigenvalue weighted by Gasteiger charge is -2.07. The summed E-state index contributed by atoms with van der Waals surface area (Å²) in [5.74, 6) is 0.728. The van der Waals surface area contributed by atoms with Gasteiger partial charge in [-0.1, -0.05) is 28.1 Å². The number of nitriles is 1. The molecule has 1 N–H and O–H groups in total. The zero-order chi connectivity index (χ0) is 13.0. The number of anilines is 1. The van der Waals surface area contributed by atoms with Gasteiger partial charge in [0.1, 0.15) is 5.82 Å². The van der Waals surface area contributed by atoms with Crippen molar-refractivity contribution < 1.29 is 0 Å². The molecule has 90 valence electrons. The maximum Gasteiger partial charge on any atom is 0.127 e. The van der Waals surface area contributed by atoms with Gasteiger partial charge in [-0.15, -0.1) is 0 Å². The van der Waals surface area contributed by atoms with Gasteiger partial charge in [-0.3, -0.25) is 0 Å². The van der Waals surface area contributed by atoms with Crippen molar-refractivity contribution in [3.8, 4) is 6.07 Å². The van der Waals surface area contributed by atoms with Crippen molar-refractivity contribution in [2.75, 3.05) is 5.32 Å². The lowest BCUT2D eigenvalue weighted by atomic mass is 10.2. The van der Waals surface area contributed by atoms with Gasteiger partial charge in [-0.2, -0.15) is 5.26 Å². The number of halogens is 1. The van der Waals surface area contributed by atoms with Gasteiger partial charge < -0.3 is 5.32 Å². The van der Waals surface area contributed by atoms with Crippen molar-refractivity contribution in [2.24, 2.45) is 0 Å². The molecule has 0 aliphatic heterocycles. The van der Waals surface area contributed by atoms with Gasteiger partial charge >= 0.3 is 0 Å². The average Bonchev–Trinajstić information content (AvgIpc) is 2.36. The Kier molecular flexibility index (Phi) is 3.96. The molecule has 0 fully saturated rings. The number of nitrogens with zero attached hydrogens (tertiary/aromatic N) is 2. The summed E-state index contributed by atoms with van der Waals surface area (Å²) < 4.78 is 1.05. The highest BCUT2D eigenvalue weighted by Crippen LogP contribution is 2.14. The third kappa shape index (κ3) is 3.31. The molecule has 0 aliphatic rings. The molecule has 2 rings (SSSR count). The second-order valence-corrected chi connectivity index (χ2v) is 4.89. The Hall–Kier alpha value is -1.86. The van der Waals surface area contributed by atoms with Gasteiger partial charge in [0.05, 0.1) is 11.6 Å². The van der Waals surface area contributed by atoms with E-state index in [4.69, 9.17) is 5.26 Å². The van der Waals surface area contributed by atoms with E-state index >= 15 is 0 Å². The van der Waals surface area contributed by atoms with Crippen LogP contribution in [0.3, 0.4) is 0 Å². The molecule has 4 heteroatoms. The van der Waals surface area contributed by atoms with E-state index in [1.807, 2.05) is 31.2 Å². The van der Waals surface area contributed by atoms with E-state index in [-0.39, 0.29) is 0 Å². The van der Waals surface area contributed by atoms with Crippen LogP contribution < -0.4 is 5.32 Å². The van der Waals surface area contributed by atoms with Crippen LogP contribution in [0.25, 0.3) is 0 Å². The third-order valence-electron chi connectivity index (χ3n) is 2.45. The van der Waals surface area contributed by atoms with Crippen molar-refractivity contribution in [3.63, 3.8) is 0 Å². The minimum atomic E-state index is 0.624. The zero-order valence-corrected chi connectivity index (χ0v) is 11.5. The molecule has 0 spiro atoms. The summed E-state index contributed by atoms with van der Waals surface area (Å²) >= 11 is 3.44. The lowest BCUT2D eigenvalue weighted by Crippen LogP contribution is -2.02. The highest BCUT2D eigenvalue weighted by atomic mass is 79.9. The first-order valence-corrected chi connectivity index (χ1v) is 6.34. The minimum absolute atomic E-state index is 0.624. The molecule has 0 saturated carbocycles. The zero-order valence-electron chi connectivity index (χ0n) is 9.94. The van der Waals surface area contributed by atoms with Crippen LogP contribution in [0.2, 0.25) is 0 Å². The molecule has 1 aromatic heterocycles. The number of pyridine rings is 1. The molecular formula is C14H12BrN3. The first-order chi connectivity index (χ1) is 8.67. The van der Waals surface area contributed by atoms with E-state index in [1.165, 1.54) is 0 Å². The third-order valence-corrected chi connectivity index (χ3v) is 2.94. The van der Waals surface area contributed by atoms with E-state index in [1.54, 1.807) is 12.1 Å². The first kappa shape index (κ1) is 12.6. The van der Waals surface area contributed by atoms with E-state index in [9.17, 15) is 0 Å². The number of rotatable bonds is 3. The summed E-state index contributed by atoms with van der Waals surface area (Å²) in [5, 5.41) is 12.1. The van der Waals surface area contributed by atoms with E-state index in [2.05, 4.69) is 32.3 Å². The van der Waals surface area contributed by atoms with Crippen molar-refractivity contribution in [2.45, 2.75) is 13.5 Å². The number of aryl methyl sites for hydroxylation is 1. The standard InChI is InChI=1S/C14H12BrN3/c1-10-5-12(8-16)7-14(18-10)17-9-11-3-2-4-13(15)6-11/h2-7H,9H2,1H3,(H,17,18). The van der Waals surface area contributed by atoms with Crippen molar-refractivity contribution in [1.29, 1.82) is 5.26 Å². The highest BCUT2D eigenvalue weighted by molar-refractivity contribution is 9.10. The van der Waals surface area contributed by atoms with Gasteiger partial charge in [0.25, 0.3) is 0 Å². The van der Waals surface area contributed by atoms with Crippen LogP contribution in [-0.2, 0) is 6.54 Å². The minimum Gasteiger partial charge on any atom is -0.366 e. The summed E-state index contributed by atoms with van der Waals surface area (Å²) in [6, 6.07) is 13.7. The molecule has 0 aliphatic carbocycles. The highest BCUT2D eigenvalue weighted by Gasteiger charge is 2.00.